The van der Waals surface area contributed by atoms with Crippen LogP contribution in [-0.2, 0) is 6.42 Å². The van der Waals surface area contributed by atoms with Crippen LogP contribution >= 0.6 is 0 Å². The minimum atomic E-state index is -4.67. The number of piperidine rings is 1. The van der Waals surface area contributed by atoms with Crippen LogP contribution in [0.4, 0.5) is 28.9 Å². The predicted octanol–water partition coefficient (Wildman–Crippen LogP) is 5.74. The van der Waals surface area contributed by atoms with E-state index in [-0.39, 0.29) is 17.7 Å². The largest absolute Gasteiger partial charge is 0.573 e. The van der Waals surface area contributed by atoms with Crippen LogP contribution in [-0.4, -0.2) is 43.1 Å². The molecule has 0 aromatic heterocycles. The van der Waals surface area contributed by atoms with Crippen LogP contribution in [0.2, 0.25) is 0 Å². The third kappa shape index (κ3) is 4.50. The number of benzene rings is 2. The number of rotatable bonds is 4. The second-order valence-electron chi connectivity index (χ2n) is 9.67. The first-order valence-corrected chi connectivity index (χ1v) is 11.6. The highest BCUT2D eigenvalue weighted by Crippen LogP contribution is 2.44. The Labute approximate surface area is 191 Å². The molecule has 4 atom stereocenters. The molecule has 1 saturated heterocycles. The summed E-state index contributed by atoms with van der Waals surface area (Å²) in [7, 11) is 0. The lowest BCUT2D eigenvalue weighted by Crippen LogP contribution is -2.52. The molecule has 3 aliphatic heterocycles. The maximum Gasteiger partial charge on any atom is 0.573 e. The summed E-state index contributed by atoms with van der Waals surface area (Å²) in [6, 6.07) is 9.96. The second-order valence-corrected chi connectivity index (χ2v) is 9.67. The molecular formula is C25H29F4N3O. The average molecular weight is 464 g/mol. The quantitative estimate of drug-likeness (QED) is 0.585. The van der Waals surface area contributed by atoms with Gasteiger partial charge in [-0.1, -0.05) is 19.1 Å². The Kier molecular flexibility index (Phi) is 5.67. The number of halogens is 4. The monoisotopic (exact) mass is 463 g/mol. The Morgan fingerprint density at radius 3 is 2.55 bits per heavy atom. The molecule has 0 bridgehead atoms. The predicted molar refractivity (Wildman–Crippen MR) is 120 cm³/mol. The van der Waals surface area contributed by atoms with Crippen molar-refractivity contribution in [2.24, 2.45) is 5.92 Å². The van der Waals surface area contributed by atoms with Gasteiger partial charge in [0.25, 0.3) is 0 Å². The fourth-order valence-corrected chi connectivity index (χ4v) is 5.88. The number of likely N-dealkylation sites (tertiary alicyclic amines) is 1. The van der Waals surface area contributed by atoms with Gasteiger partial charge in [0.2, 0.25) is 0 Å². The summed E-state index contributed by atoms with van der Waals surface area (Å²) < 4.78 is 55.3. The van der Waals surface area contributed by atoms with E-state index >= 15 is 0 Å². The number of ether oxygens (including phenoxy) is 1. The van der Waals surface area contributed by atoms with E-state index in [9.17, 15) is 17.6 Å². The van der Waals surface area contributed by atoms with Gasteiger partial charge in [-0.05, 0) is 80.0 Å². The van der Waals surface area contributed by atoms with E-state index in [1.807, 2.05) is 0 Å². The van der Waals surface area contributed by atoms with Crippen LogP contribution in [0.25, 0.3) is 0 Å². The lowest BCUT2D eigenvalue weighted by atomic mass is 9.81. The van der Waals surface area contributed by atoms with Crippen molar-refractivity contribution in [3.8, 4) is 5.75 Å². The van der Waals surface area contributed by atoms with E-state index in [0.717, 1.165) is 61.4 Å². The smallest absolute Gasteiger partial charge is 0.406 e. The zero-order valence-corrected chi connectivity index (χ0v) is 18.8. The summed E-state index contributed by atoms with van der Waals surface area (Å²) >= 11 is 0. The van der Waals surface area contributed by atoms with Crippen molar-refractivity contribution in [2.75, 3.05) is 29.9 Å². The minimum Gasteiger partial charge on any atom is -0.406 e. The van der Waals surface area contributed by atoms with Crippen molar-refractivity contribution in [1.82, 2.24) is 4.90 Å². The average Bonchev–Trinajstić information content (AvgIpc) is 3.09. The normalized spacial score (nSPS) is 27.3. The highest BCUT2D eigenvalue weighted by atomic mass is 19.4. The van der Waals surface area contributed by atoms with Crippen molar-refractivity contribution >= 4 is 11.4 Å². The maximum atomic E-state index is 14.1. The molecule has 4 nitrogen and oxygen atoms in total. The van der Waals surface area contributed by atoms with Crippen molar-refractivity contribution in [1.29, 1.82) is 0 Å². The molecule has 0 radical (unpaired) electrons. The van der Waals surface area contributed by atoms with Gasteiger partial charge in [0.1, 0.15) is 17.7 Å². The Morgan fingerprint density at radius 1 is 1.09 bits per heavy atom. The molecule has 0 aliphatic carbocycles. The number of aryl methyl sites for hydroxylation is 1. The molecule has 33 heavy (non-hydrogen) atoms. The van der Waals surface area contributed by atoms with Crippen LogP contribution < -0.4 is 15.0 Å². The van der Waals surface area contributed by atoms with E-state index in [1.165, 1.54) is 12.1 Å². The van der Waals surface area contributed by atoms with Gasteiger partial charge in [-0.2, -0.15) is 0 Å². The third-order valence-corrected chi connectivity index (χ3v) is 7.34. The number of hydrogen-bond acceptors (Lipinski definition) is 4. The highest BCUT2D eigenvalue weighted by molar-refractivity contribution is 5.80. The molecule has 3 heterocycles. The van der Waals surface area contributed by atoms with Crippen molar-refractivity contribution in [3.05, 3.63) is 53.3 Å². The van der Waals surface area contributed by atoms with Crippen molar-refractivity contribution in [2.45, 2.75) is 57.6 Å². The third-order valence-electron chi connectivity index (χ3n) is 7.34. The molecule has 0 amide bonds. The van der Waals surface area contributed by atoms with Crippen LogP contribution in [0.15, 0.2) is 36.4 Å². The van der Waals surface area contributed by atoms with Gasteiger partial charge in [0.05, 0.1) is 11.4 Å². The van der Waals surface area contributed by atoms with E-state index in [1.54, 1.807) is 24.3 Å². The summed E-state index contributed by atoms with van der Waals surface area (Å²) in [6.45, 7) is 7.09. The summed E-state index contributed by atoms with van der Waals surface area (Å²) in [5.74, 6) is 0.287. The topological polar surface area (TPSA) is 27.7 Å². The van der Waals surface area contributed by atoms with Crippen LogP contribution in [0.5, 0.6) is 5.75 Å². The van der Waals surface area contributed by atoms with Gasteiger partial charge in [-0.15, -0.1) is 13.2 Å². The zero-order valence-electron chi connectivity index (χ0n) is 18.8. The first-order valence-electron chi connectivity index (χ1n) is 11.6. The fourth-order valence-electron chi connectivity index (χ4n) is 5.88. The molecule has 178 valence electrons. The lowest BCUT2D eigenvalue weighted by molar-refractivity contribution is -0.274. The van der Waals surface area contributed by atoms with E-state index in [4.69, 9.17) is 0 Å². The summed E-state index contributed by atoms with van der Waals surface area (Å²) in [5.41, 5.74) is 4.19. The fraction of sp³-hybridized carbons (Fsp3) is 0.520. The Hall–Kier alpha value is -2.48. The van der Waals surface area contributed by atoms with Gasteiger partial charge in [-0.3, -0.25) is 4.90 Å². The van der Waals surface area contributed by atoms with Crippen LogP contribution in [0.1, 0.15) is 43.7 Å². The number of anilines is 2. The lowest BCUT2D eigenvalue weighted by Gasteiger charge is -2.42. The van der Waals surface area contributed by atoms with Gasteiger partial charge in [0.15, 0.2) is 0 Å². The molecule has 4 unspecified atom stereocenters. The van der Waals surface area contributed by atoms with Crippen LogP contribution in [0.3, 0.4) is 0 Å². The highest BCUT2D eigenvalue weighted by Gasteiger charge is 2.39. The standard InChI is InChI=1S/C25H29F4N3O/c1-15-13-31(10-9-21(15)17-5-7-20(8-6-17)33-25(27,28)29)14-23-30-22-12-19(26)11-18-4-3-16(2)32(23)24(18)22/h5-8,11-12,15-16,21,23,30H,3-4,9-10,13-14H2,1-2H3. The molecule has 1 N–H and O–H groups in total. The van der Waals surface area contributed by atoms with E-state index in [0.29, 0.717) is 17.9 Å². The maximum absolute atomic E-state index is 14.1. The zero-order chi connectivity index (χ0) is 23.3. The SMILES string of the molecule is CC1CN(CC2Nc3cc(F)cc4c3N2C(C)CC4)CCC1c1ccc(OC(F)(F)F)cc1. The van der Waals surface area contributed by atoms with Gasteiger partial charge >= 0.3 is 6.36 Å². The molecule has 2 aromatic carbocycles. The molecule has 1 fully saturated rings. The number of nitrogens with one attached hydrogen (secondary N) is 1. The first-order chi connectivity index (χ1) is 15.7. The summed E-state index contributed by atoms with van der Waals surface area (Å²) in [5, 5.41) is 3.56. The minimum absolute atomic E-state index is 0.110. The van der Waals surface area contributed by atoms with Gasteiger partial charge in [0, 0.05) is 19.1 Å². The number of nitrogens with zero attached hydrogens (tertiary/aromatic N) is 2. The Balaban J connectivity index is 1.24. The van der Waals surface area contributed by atoms with Gasteiger partial charge < -0.3 is 15.0 Å². The van der Waals surface area contributed by atoms with Gasteiger partial charge in [-0.25, -0.2) is 4.39 Å². The molecule has 5 rings (SSSR count). The molecule has 8 heteroatoms. The molecule has 2 aromatic rings. The van der Waals surface area contributed by atoms with Crippen LogP contribution in [0, 0.1) is 11.7 Å². The molecule has 0 spiro atoms. The van der Waals surface area contributed by atoms with Crippen molar-refractivity contribution < 1.29 is 22.3 Å². The van der Waals surface area contributed by atoms with E-state index in [2.05, 4.69) is 33.7 Å². The molecule has 0 saturated carbocycles. The molecule has 3 aliphatic rings. The second kappa shape index (κ2) is 8.38. The Morgan fingerprint density at radius 2 is 1.85 bits per heavy atom. The Bertz CT molecular complexity index is 1010. The van der Waals surface area contributed by atoms with Crippen molar-refractivity contribution in [3.63, 3.8) is 0 Å². The van der Waals surface area contributed by atoms with E-state index < -0.39 is 6.36 Å². The number of alkyl halides is 3. The first kappa shape index (κ1) is 22.3. The number of hydrogen-bond donors (Lipinski definition) is 1. The summed E-state index contributed by atoms with van der Waals surface area (Å²) in [4.78, 5) is 4.87. The summed E-state index contributed by atoms with van der Waals surface area (Å²) in [6.07, 6.45) is -1.71. The molecular weight excluding hydrogens is 434 g/mol.